The molecule has 0 unspecified atom stereocenters. The maximum absolute atomic E-state index is 12.0. The molecule has 2 aromatic rings. The van der Waals surface area contributed by atoms with Gasteiger partial charge in [0.1, 0.15) is 11.4 Å². The number of aromatic hydroxyl groups is 1. The van der Waals surface area contributed by atoms with E-state index in [0.29, 0.717) is 11.4 Å². The van der Waals surface area contributed by atoms with Gasteiger partial charge in [-0.25, -0.2) is 0 Å². The van der Waals surface area contributed by atoms with Crippen LogP contribution in [0.1, 0.15) is 10.5 Å². The Morgan fingerprint density at radius 3 is 2.79 bits per heavy atom. The number of aromatic nitrogens is 1. The number of fused-ring (bicyclic) bond motifs is 1. The van der Waals surface area contributed by atoms with Crippen LogP contribution >= 0.6 is 0 Å². The molecule has 0 spiro atoms. The summed E-state index contributed by atoms with van der Waals surface area (Å²) in [5, 5.41) is 12.9. The van der Waals surface area contributed by atoms with Crippen LogP contribution in [0, 0.1) is 0 Å². The number of rotatable bonds is 4. The molecule has 1 aromatic heterocycles. The van der Waals surface area contributed by atoms with Crippen molar-refractivity contribution in [1.29, 1.82) is 0 Å². The number of benzene rings is 1. The van der Waals surface area contributed by atoms with Crippen molar-refractivity contribution in [1.82, 2.24) is 10.3 Å². The molecule has 0 saturated heterocycles. The van der Waals surface area contributed by atoms with Crippen molar-refractivity contribution in [3.63, 3.8) is 0 Å². The highest BCUT2D eigenvalue weighted by molar-refractivity contribution is 5.99. The van der Waals surface area contributed by atoms with Crippen LogP contribution in [-0.4, -0.2) is 16.0 Å². The second-order valence-corrected chi connectivity index (χ2v) is 3.97. The molecule has 2 rings (SSSR count). The Morgan fingerprint density at radius 1 is 1.32 bits per heavy atom. The third-order valence-electron chi connectivity index (χ3n) is 2.62. The summed E-state index contributed by atoms with van der Waals surface area (Å²) in [7, 11) is 0. The maximum atomic E-state index is 12.0. The number of amides is 1. The van der Waals surface area contributed by atoms with E-state index in [2.05, 4.69) is 23.5 Å². The highest BCUT2D eigenvalue weighted by Crippen LogP contribution is 2.20. The van der Waals surface area contributed by atoms with Crippen molar-refractivity contribution >= 4 is 16.8 Å². The fraction of sp³-hybridized carbons (Fsp3) is 0. The summed E-state index contributed by atoms with van der Waals surface area (Å²) in [6, 6.07) is 6.55. The summed E-state index contributed by atoms with van der Waals surface area (Å²) in [6.45, 7) is 7.17. The lowest BCUT2D eigenvalue weighted by Crippen LogP contribution is -2.21. The minimum atomic E-state index is -0.274. The Hall–Kier alpha value is -2.75. The molecule has 96 valence electrons. The van der Waals surface area contributed by atoms with E-state index in [9.17, 15) is 9.90 Å². The largest absolute Gasteiger partial charge is 0.508 e. The van der Waals surface area contributed by atoms with Gasteiger partial charge in [0.25, 0.3) is 5.91 Å². The Balaban J connectivity index is 2.29. The van der Waals surface area contributed by atoms with Crippen LogP contribution in [0.2, 0.25) is 0 Å². The molecule has 4 nitrogen and oxygen atoms in total. The van der Waals surface area contributed by atoms with Gasteiger partial charge in [0.15, 0.2) is 0 Å². The van der Waals surface area contributed by atoms with E-state index in [-0.39, 0.29) is 11.7 Å². The molecule has 3 N–H and O–H groups in total. The van der Waals surface area contributed by atoms with E-state index >= 15 is 0 Å². The maximum Gasteiger partial charge on any atom is 0.272 e. The zero-order chi connectivity index (χ0) is 13.8. The Labute approximate surface area is 110 Å². The van der Waals surface area contributed by atoms with Crippen LogP contribution < -0.4 is 5.32 Å². The van der Waals surface area contributed by atoms with E-state index in [1.165, 1.54) is 6.08 Å². The molecule has 0 aliphatic carbocycles. The summed E-state index contributed by atoms with van der Waals surface area (Å²) in [5.41, 5.74) is 1.77. The molecular weight excluding hydrogens is 240 g/mol. The number of hydrogen-bond donors (Lipinski definition) is 3. The molecule has 19 heavy (non-hydrogen) atoms. The lowest BCUT2D eigenvalue weighted by Gasteiger charge is -2.02. The highest BCUT2D eigenvalue weighted by Gasteiger charge is 2.10. The Morgan fingerprint density at radius 2 is 2.11 bits per heavy atom. The van der Waals surface area contributed by atoms with Crippen LogP contribution in [-0.2, 0) is 0 Å². The van der Waals surface area contributed by atoms with Crippen LogP contribution in [0.5, 0.6) is 5.75 Å². The van der Waals surface area contributed by atoms with Crippen molar-refractivity contribution in [2.24, 2.45) is 0 Å². The zero-order valence-corrected chi connectivity index (χ0v) is 10.3. The van der Waals surface area contributed by atoms with Gasteiger partial charge in [0.05, 0.1) is 0 Å². The van der Waals surface area contributed by atoms with E-state index in [0.717, 1.165) is 10.9 Å². The molecule has 0 atom stereocenters. The number of carbonyl (C=O) groups excluding carboxylic acids is 1. The van der Waals surface area contributed by atoms with Crippen molar-refractivity contribution in [2.75, 3.05) is 0 Å². The van der Waals surface area contributed by atoms with Crippen molar-refractivity contribution in [2.45, 2.75) is 0 Å². The van der Waals surface area contributed by atoms with Gasteiger partial charge in [-0.2, -0.15) is 0 Å². The summed E-state index contributed by atoms with van der Waals surface area (Å²) < 4.78 is 0. The quantitative estimate of drug-likeness (QED) is 0.734. The zero-order valence-electron chi connectivity index (χ0n) is 10.3. The second-order valence-electron chi connectivity index (χ2n) is 3.97. The predicted molar refractivity (Wildman–Crippen MR) is 75.9 cm³/mol. The second kappa shape index (κ2) is 5.27. The SMILES string of the molecule is C=C/C=C(\C=C)NC(=O)c1cc2cc(O)ccc2[nH]1. The molecule has 4 heteroatoms. The van der Waals surface area contributed by atoms with Crippen LogP contribution in [0.3, 0.4) is 0 Å². The normalized spacial score (nSPS) is 11.3. The van der Waals surface area contributed by atoms with Crippen LogP contribution in [0.4, 0.5) is 0 Å². The molecule has 1 heterocycles. The number of H-pyrrole nitrogens is 1. The average Bonchev–Trinajstić information content (AvgIpc) is 2.81. The van der Waals surface area contributed by atoms with Crippen molar-refractivity contribution in [3.05, 3.63) is 67.0 Å². The number of allylic oxidation sites excluding steroid dienone is 3. The predicted octanol–water partition coefficient (Wildman–Crippen LogP) is 2.86. The highest BCUT2D eigenvalue weighted by atomic mass is 16.3. The van der Waals surface area contributed by atoms with Gasteiger partial charge >= 0.3 is 0 Å². The molecule has 0 aliphatic rings. The van der Waals surface area contributed by atoms with Gasteiger partial charge in [0.2, 0.25) is 0 Å². The number of phenols is 1. The molecule has 0 fully saturated rings. The molecular formula is C15H14N2O2. The molecule has 0 aliphatic heterocycles. The summed E-state index contributed by atoms with van der Waals surface area (Å²) in [4.78, 5) is 15.0. The van der Waals surface area contributed by atoms with Gasteiger partial charge in [-0.05, 0) is 36.4 Å². The number of carbonyl (C=O) groups is 1. The van der Waals surface area contributed by atoms with E-state index < -0.39 is 0 Å². The lowest BCUT2D eigenvalue weighted by molar-refractivity contribution is 0.0963. The monoisotopic (exact) mass is 254 g/mol. The number of aromatic amines is 1. The minimum absolute atomic E-state index is 0.164. The van der Waals surface area contributed by atoms with Gasteiger partial charge in [-0.1, -0.05) is 19.2 Å². The number of phenolic OH excluding ortho intramolecular Hbond substituents is 1. The first-order valence-electron chi connectivity index (χ1n) is 5.72. The first kappa shape index (κ1) is 12.7. The van der Waals surface area contributed by atoms with Gasteiger partial charge in [-0.15, -0.1) is 0 Å². The summed E-state index contributed by atoms with van der Waals surface area (Å²) in [5.74, 6) is -0.111. The topological polar surface area (TPSA) is 65.1 Å². The Kier molecular flexibility index (Phi) is 3.52. The lowest BCUT2D eigenvalue weighted by atomic mass is 10.2. The van der Waals surface area contributed by atoms with Gasteiger partial charge < -0.3 is 15.4 Å². The number of nitrogens with one attached hydrogen (secondary N) is 2. The first-order chi connectivity index (χ1) is 9.13. The van der Waals surface area contributed by atoms with E-state index in [1.807, 2.05) is 0 Å². The fourth-order valence-electron chi connectivity index (χ4n) is 1.73. The first-order valence-corrected chi connectivity index (χ1v) is 5.72. The number of hydrogen-bond acceptors (Lipinski definition) is 2. The van der Waals surface area contributed by atoms with E-state index in [4.69, 9.17) is 0 Å². The van der Waals surface area contributed by atoms with Crippen LogP contribution in [0.25, 0.3) is 10.9 Å². The molecule has 1 aromatic carbocycles. The van der Waals surface area contributed by atoms with Crippen molar-refractivity contribution < 1.29 is 9.90 Å². The van der Waals surface area contributed by atoms with Crippen molar-refractivity contribution in [3.8, 4) is 5.75 Å². The van der Waals surface area contributed by atoms with Gasteiger partial charge in [0, 0.05) is 16.6 Å². The molecule has 0 saturated carbocycles. The fourth-order valence-corrected chi connectivity index (χ4v) is 1.73. The van der Waals surface area contributed by atoms with Crippen LogP contribution in [0.15, 0.2) is 61.3 Å². The standard InChI is InChI=1S/C15H14N2O2/c1-3-5-11(4-2)16-15(19)14-9-10-8-12(18)6-7-13(10)17-14/h3-9,17-18H,1-2H2,(H,16,19)/b11-5+. The summed E-state index contributed by atoms with van der Waals surface area (Å²) >= 11 is 0. The minimum Gasteiger partial charge on any atom is -0.508 e. The molecule has 0 bridgehead atoms. The molecule has 0 radical (unpaired) electrons. The third-order valence-corrected chi connectivity index (χ3v) is 2.62. The van der Waals surface area contributed by atoms with E-state index in [1.54, 1.807) is 36.4 Å². The average molecular weight is 254 g/mol. The Bertz CT molecular complexity index is 681. The van der Waals surface area contributed by atoms with Gasteiger partial charge in [-0.3, -0.25) is 4.79 Å². The smallest absolute Gasteiger partial charge is 0.272 e. The summed E-state index contributed by atoms with van der Waals surface area (Å²) in [6.07, 6.45) is 4.76. The third kappa shape index (κ3) is 2.74. The molecule has 1 amide bonds.